The highest BCUT2D eigenvalue weighted by molar-refractivity contribution is 5.27. The fraction of sp³-hybridized carbons (Fsp3) is 0.871. The van der Waals surface area contributed by atoms with Gasteiger partial charge in [0.05, 0.1) is 24.2 Å². The zero-order chi connectivity index (χ0) is 24.1. The van der Waals surface area contributed by atoms with Crippen LogP contribution in [0.5, 0.6) is 0 Å². The number of fused-ring (bicyclic) bond motifs is 5. The van der Waals surface area contributed by atoms with Gasteiger partial charge < -0.3 is 18.8 Å². The van der Waals surface area contributed by atoms with Gasteiger partial charge in [-0.2, -0.15) is 0 Å². The smallest absolute Gasteiger partial charge is 0.0937 e. The number of furan rings is 1. The predicted octanol–water partition coefficient (Wildman–Crippen LogP) is 7.05. The number of ether oxygens (including phenoxy) is 2. The summed E-state index contributed by atoms with van der Waals surface area (Å²) in [5.41, 5.74) is 2.09. The molecule has 4 saturated carbocycles. The molecule has 196 valence electrons. The molecule has 35 heavy (non-hydrogen) atoms. The standard InChI is InChI=1S/C31H49NO3/c1-29-13-9-25(35-19-6-18-32-16-4-5-17-32)21-24(29)7-8-28-27(29)10-14-30(2)26(23-12-20-34-22-23)11-15-31(28,30)33-3/h12,20,22,24-28H,4-11,13-19,21H2,1-3H3/t24-,25+,26-,27+,28-,29+,30-,31+/m1/s1. The van der Waals surface area contributed by atoms with Crippen LogP contribution in [0.3, 0.4) is 0 Å². The van der Waals surface area contributed by atoms with Crippen LogP contribution in [0.2, 0.25) is 0 Å². The van der Waals surface area contributed by atoms with Crippen LogP contribution in [0.4, 0.5) is 0 Å². The van der Waals surface area contributed by atoms with Gasteiger partial charge in [0.25, 0.3) is 0 Å². The van der Waals surface area contributed by atoms with Gasteiger partial charge in [-0.15, -0.1) is 0 Å². The van der Waals surface area contributed by atoms with Crippen molar-refractivity contribution in [1.82, 2.24) is 4.90 Å². The fourth-order valence-corrected chi connectivity index (χ4v) is 10.3. The van der Waals surface area contributed by atoms with E-state index in [1.807, 2.05) is 19.6 Å². The molecule has 4 aliphatic carbocycles. The fourth-order valence-electron chi connectivity index (χ4n) is 10.3. The highest BCUT2D eigenvalue weighted by atomic mass is 16.5. The Bertz CT molecular complexity index is 849. The molecule has 5 fully saturated rings. The lowest BCUT2D eigenvalue weighted by atomic mass is 9.43. The second-order valence-corrected chi connectivity index (χ2v) is 13.4. The van der Waals surface area contributed by atoms with E-state index in [4.69, 9.17) is 13.9 Å². The highest BCUT2D eigenvalue weighted by Gasteiger charge is 2.68. The van der Waals surface area contributed by atoms with Gasteiger partial charge >= 0.3 is 0 Å². The summed E-state index contributed by atoms with van der Waals surface area (Å²) in [6.07, 6.45) is 20.0. The molecule has 2 heterocycles. The average molecular weight is 484 g/mol. The topological polar surface area (TPSA) is 34.8 Å². The largest absolute Gasteiger partial charge is 0.472 e. The molecule has 1 aliphatic heterocycles. The monoisotopic (exact) mass is 483 g/mol. The summed E-state index contributed by atoms with van der Waals surface area (Å²) in [5.74, 6) is 2.89. The number of rotatable bonds is 7. The summed E-state index contributed by atoms with van der Waals surface area (Å²) < 4.78 is 18.7. The zero-order valence-corrected chi connectivity index (χ0v) is 22.6. The van der Waals surface area contributed by atoms with Crippen molar-refractivity contribution < 1.29 is 13.9 Å². The van der Waals surface area contributed by atoms with E-state index in [1.54, 1.807) is 0 Å². The number of hydrogen-bond donors (Lipinski definition) is 0. The Morgan fingerprint density at radius 2 is 1.86 bits per heavy atom. The van der Waals surface area contributed by atoms with E-state index in [-0.39, 0.29) is 11.0 Å². The molecule has 5 aliphatic rings. The van der Waals surface area contributed by atoms with Crippen LogP contribution < -0.4 is 0 Å². The van der Waals surface area contributed by atoms with E-state index in [0.717, 1.165) is 18.4 Å². The van der Waals surface area contributed by atoms with Crippen molar-refractivity contribution in [3.63, 3.8) is 0 Å². The van der Waals surface area contributed by atoms with E-state index in [1.165, 1.54) is 102 Å². The van der Waals surface area contributed by atoms with Gasteiger partial charge in [-0.1, -0.05) is 13.8 Å². The maximum absolute atomic E-state index is 6.70. The maximum Gasteiger partial charge on any atom is 0.0937 e. The first-order valence-electron chi connectivity index (χ1n) is 14.9. The summed E-state index contributed by atoms with van der Waals surface area (Å²) >= 11 is 0. The number of likely N-dealkylation sites (tertiary alicyclic amines) is 1. The molecule has 1 aromatic rings. The molecule has 0 bridgehead atoms. The van der Waals surface area contributed by atoms with Crippen LogP contribution in [0.15, 0.2) is 23.0 Å². The van der Waals surface area contributed by atoms with E-state index >= 15 is 0 Å². The lowest BCUT2D eigenvalue weighted by Gasteiger charge is -2.64. The number of hydrogen-bond acceptors (Lipinski definition) is 4. The van der Waals surface area contributed by atoms with Crippen molar-refractivity contribution in [2.75, 3.05) is 33.4 Å². The van der Waals surface area contributed by atoms with Gasteiger partial charge in [0.2, 0.25) is 0 Å². The molecule has 0 unspecified atom stereocenters. The molecular formula is C31H49NO3. The molecule has 0 aromatic carbocycles. The molecular weight excluding hydrogens is 434 g/mol. The Morgan fingerprint density at radius 3 is 2.63 bits per heavy atom. The molecule has 0 radical (unpaired) electrons. The Kier molecular flexibility index (Phi) is 6.63. The molecule has 8 atom stereocenters. The normalized spacial score (nSPS) is 45.7. The third-order valence-electron chi connectivity index (χ3n) is 12.2. The van der Waals surface area contributed by atoms with Crippen molar-refractivity contribution in [3.8, 4) is 0 Å². The van der Waals surface area contributed by atoms with Crippen molar-refractivity contribution in [2.24, 2.45) is 28.6 Å². The van der Waals surface area contributed by atoms with Gasteiger partial charge in [0.15, 0.2) is 0 Å². The number of methoxy groups -OCH3 is 1. The van der Waals surface area contributed by atoms with Gasteiger partial charge in [-0.3, -0.25) is 0 Å². The quantitative estimate of drug-likeness (QED) is 0.389. The first-order chi connectivity index (χ1) is 17.0. The van der Waals surface area contributed by atoms with Gasteiger partial charge in [-0.25, -0.2) is 0 Å². The van der Waals surface area contributed by atoms with Gasteiger partial charge in [0, 0.05) is 25.7 Å². The minimum absolute atomic E-state index is 0.0226. The molecule has 4 nitrogen and oxygen atoms in total. The third-order valence-corrected chi connectivity index (χ3v) is 12.2. The first-order valence-corrected chi connectivity index (χ1v) is 14.9. The van der Waals surface area contributed by atoms with Crippen molar-refractivity contribution in [3.05, 3.63) is 24.2 Å². The Morgan fingerprint density at radius 1 is 1.00 bits per heavy atom. The van der Waals surface area contributed by atoms with Crippen LogP contribution >= 0.6 is 0 Å². The van der Waals surface area contributed by atoms with Crippen LogP contribution in [-0.4, -0.2) is 50.0 Å². The SMILES string of the molecule is CO[C@]12CC[C@H](c3ccoc3)[C@@]1(C)CC[C@H]1[C@H]2CC[C@@H]2C[C@@H](OCCCN3CCCC3)CC[C@@]21C. The second-order valence-electron chi connectivity index (χ2n) is 13.4. The van der Waals surface area contributed by atoms with Crippen LogP contribution in [-0.2, 0) is 9.47 Å². The number of nitrogens with zero attached hydrogens (tertiary/aromatic N) is 1. The lowest BCUT2D eigenvalue weighted by molar-refractivity contribution is -0.220. The average Bonchev–Trinajstić information content (AvgIpc) is 3.62. The minimum atomic E-state index is 0.0226. The maximum atomic E-state index is 6.70. The second kappa shape index (κ2) is 9.48. The summed E-state index contributed by atoms with van der Waals surface area (Å²) in [4.78, 5) is 2.62. The van der Waals surface area contributed by atoms with Crippen LogP contribution in [0.25, 0.3) is 0 Å². The summed E-state index contributed by atoms with van der Waals surface area (Å²) in [6.45, 7) is 10.0. The van der Waals surface area contributed by atoms with Crippen LogP contribution in [0.1, 0.15) is 102 Å². The molecule has 1 saturated heterocycles. The van der Waals surface area contributed by atoms with Crippen molar-refractivity contribution in [1.29, 1.82) is 0 Å². The van der Waals surface area contributed by atoms with Crippen molar-refractivity contribution in [2.45, 2.75) is 109 Å². The molecule has 6 rings (SSSR count). The summed E-state index contributed by atoms with van der Waals surface area (Å²) in [6, 6.07) is 2.21. The van der Waals surface area contributed by atoms with Crippen molar-refractivity contribution >= 4 is 0 Å². The van der Waals surface area contributed by atoms with E-state index < -0.39 is 0 Å². The molecule has 1 aromatic heterocycles. The Hall–Kier alpha value is -0.840. The molecule has 0 spiro atoms. The molecule has 0 N–H and O–H groups in total. The Labute approximate surface area is 213 Å². The lowest BCUT2D eigenvalue weighted by Crippen LogP contribution is -2.62. The molecule has 4 heteroatoms. The first kappa shape index (κ1) is 24.5. The highest BCUT2D eigenvalue weighted by Crippen LogP contribution is 2.71. The van der Waals surface area contributed by atoms with Gasteiger partial charge in [-0.05, 0) is 131 Å². The van der Waals surface area contributed by atoms with E-state index in [2.05, 4.69) is 24.8 Å². The minimum Gasteiger partial charge on any atom is -0.472 e. The van der Waals surface area contributed by atoms with E-state index in [9.17, 15) is 0 Å². The third kappa shape index (κ3) is 3.87. The zero-order valence-electron chi connectivity index (χ0n) is 22.6. The molecule has 0 amide bonds. The summed E-state index contributed by atoms with van der Waals surface area (Å²) in [5, 5.41) is 0. The Balaban J connectivity index is 1.12. The van der Waals surface area contributed by atoms with E-state index in [0.29, 0.717) is 23.4 Å². The van der Waals surface area contributed by atoms with Crippen LogP contribution in [0, 0.1) is 28.6 Å². The predicted molar refractivity (Wildman–Crippen MR) is 139 cm³/mol. The summed E-state index contributed by atoms with van der Waals surface area (Å²) in [7, 11) is 2.03. The van der Waals surface area contributed by atoms with Gasteiger partial charge in [0.1, 0.15) is 0 Å².